The molecule has 0 aliphatic rings. The van der Waals surface area contributed by atoms with E-state index in [1.165, 1.54) is 6.08 Å². The summed E-state index contributed by atoms with van der Waals surface area (Å²) in [6, 6.07) is 10.9. The molecule has 0 aromatic heterocycles. The van der Waals surface area contributed by atoms with Crippen LogP contribution in [0.1, 0.15) is 16.7 Å². The minimum Gasteiger partial charge on any atom is -0.322 e. The lowest BCUT2D eigenvalue weighted by Gasteiger charge is -2.08. The molecule has 4 heteroatoms. The van der Waals surface area contributed by atoms with E-state index in [1.807, 2.05) is 32.0 Å². The van der Waals surface area contributed by atoms with Crippen molar-refractivity contribution in [1.82, 2.24) is 0 Å². The maximum Gasteiger partial charge on any atom is 0.248 e. The maximum absolute atomic E-state index is 12.0. The molecule has 1 amide bonds. The SMILES string of the molecule is Cc1cccc(NC(=O)C=Cc2ccc(Cl)cc2Cl)c1C. The summed E-state index contributed by atoms with van der Waals surface area (Å²) in [5.41, 5.74) is 3.75. The van der Waals surface area contributed by atoms with E-state index in [1.54, 1.807) is 24.3 Å². The van der Waals surface area contributed by atoms with Crippen LogP contribution in [0.3, 0.4) is 0 Å². The van der Waals surface area contributed by atoms with Crippen LogP contribution in [-0.4, -0.2) is 5.91 Å². The molecule has 2 aromatic rings. The molecule has 1 N–H and O–H groups in total. The fraction of sp³-hybridized carbons (Fsp3) is 0.118. The van der Waals surface area contributed by atoms with Crippen molar-refractivity contribution in [2.45, 2.75) is 13.8 Å². The Labute approximate surface area is 134 Å². The number of anilines is 1. The van der Waals surface area contributed by atoms with Gasteiger partial charge in [0.05, 0.1) is 0 Å². The Balaban J connectivity index is 2.11. The van der Waals surface area contributed by atoms with E-state index in [0.29, 0.717) is 10.0 Å². The van der Waals surface area contributed by atoms with Gasteiger partial charge in [-0.1, -0.05) is 41.4 Å². The second-order valence-electron chi connectivity index (χ2n) is 4.74. The summed E-state index contributed by atoms with van der Waals surface area (Å²) in [5.74, 6) is -0.199. The quantitative estimate of drug-likeness (QED) is 0.768. The first-order valence-electron chi connectivity index (χ1n) is 6.47. The molecule has 0 atom stereocenters. The highest BCUT2D eigenvalue weighted by Crippen LogP contribution is 2.22. The summed E-state index contributed by atoms with van der Waals surface area (Å²) < 4.78 is 0. The molecule has 2 nitrogen and oxygen atoms in total. The molecule has 0 unspecified atom stereocenters. The summed E-state index contributed by atoms with van der Waals surface area (Å²) in [6.45, 7) is 3.99. The predicted octanol–water partition coefficient (Wildman–Crippen LogP) is 5.26. The Morgan fingerprint density at radius 1 is 1.14 bits per heavy atom. The smallest absolute Gasteiger partial charge is 0.248 e. The van der Waals surface area contributed by atoms with Crippen LogP contribution in [-0.2, 0) is 4.79 Å². The number of amides is 1. The fourth-order valence-corrected chi connectivity index (χ4v) is 2.33. The number of rotatable bonds is 3. The van der Waals surface area contributed by atoms with Crippen molar-refractivity contribution in [2.24, 2.45) is 0 Å². The Morgan fingerprint density at radius 3 is 2.62 bits per heavy atom. The van der Waals surface area contributed by atoms with Crippen molar-refractivity contribution in [3.05, 3.63) is 69.2 Å². The number of carbonyl (C=O) groups excluding carboxylic acids is 1. The van der Waals surface area contributed by atoms with Crippen LogP contribution in [0.15, 0.2) is 42.5 Å². The second-order valence-corrected chi connectivity index (χ2v) is 5.58. The van der Waals surface area contributed by atoms with Crippen LogP contribution < -0.4 is 5.32 Å². The van der Waals surface area contributed by atoms with Gasteiger partial charge in [0, 0.05) is 21.8 Å². The Hall–Kier alpha value is -1.77. The minimum atomic E-state index is -0.199. The molecule has 0 saturated carbocycles. The number of carbonyl (C=O) groups is 1. The highest BCUT2D eigenvalue weighted by molar-refractivity contribution is 6.35. The second kappa shape index (κ2) is 6.79. The van der Waals surface area contributed by atoms with Crippen LogP contribution in [0.25, 0.3) is 6.08 Å². The maximum atomic E-state index is 12.0. The van der Waals surface area contributed by atoms with Crippen LogP contribution in [0.2, 0.25) is 10.0 Å². The lowest BCUT2D eigenvalue weighted by atomic mass is 10.1. The number of hydrogen-bond acceptors (Lipinski definition) is 1. The molecule has 0 fully saturated rings. The molecule has 0 radical (unpaired) electrons. The van der Waals surface area contributed by atoms with Gasteiger partial charge in [-0.25, -0.2) is 0 Å². The summed E-state index contributed by atoms with van der Waals surface area (Å²) in [7, 11) is 0. The molecule has 21 heavy (non-hydrogen) atoms. The van der Waals surface area contributed by atoms with Gasteiger partial charge in [-0.3, -0.25) is 4.79 Å². The largest absolute Gasteiger partial charge is 0.322 e. The molecule has 0 aliphatic carbocycles. The number of hydrogen-bond donors (Lipinski definition) is 1. The molecule has 2 aromatic carbocycles. The van der Waals surface area contributed by atoms with Crippen molar-refractivity contribution < 1.29 is 4.79 Å². The third-order valence-corrected chi connectivity index (χ3v) is 3.80. The van der Waals surface area contributed by atoms with Gasteiger partial charge in [-0.05, 0) is 54.8 Å². The van der Waals surface area contributed by atoms with E-state index in [4.69, 9.17) is 23.2 Å². The first-order chi connectivity index (χ1) is 9.97. The molecule has 108 valence electrons. The van der Waals surface area contributed by atoms with Gasteiger partial charge in [-0.2, -0.15) is 0 Å². The standard InChI is InChI=1S/C17H15Cl2NO/c1-11-4-3-5-16(12(11)2)20-17(21)9-7-13-6-8-14(18)10-15(13)19/h3-10H,1-2H3,(H,20,21). The van der Waals surface area contributed by atoms with E-state index in [2.05, 4.69) is 5.32 Å². The van der Waals surface area contributed by atoms with E-state index in [0.717, 1.165) is 22.4 Å². The first kappa shape index (κ1) is 15.6. The molecule has 0 saturated heterocycles. The summed E-state index contributed by atoms with van der Waals surface area (Å²) in [5, 5.41) is 3.94. The number of benzene rings is 2. The summed E-state index contributed by atoms with van der Waals surface area (Å²) in [4.78, 5) is 12.0. The monoisotopic (exact) mass is 319 g/mol. The van der Waals surface area contributed by atoms with Crippen molar-refractivity contribution in [1.29, 1.82) is 0 Å². The highest BCUT2D eigenvalue weighted by Gasteiger charge is 2.04. The van der Waals surface area contributed by atoms with E-state index in [-0.39, 0.29) is 5.91 Å². The van der Waals surface area contributed by atoms with Crippen molar-refractivity contribution in [3.63, 3.8) is 0 Å². The van der Waals surface area contributed by atoms with Crippen LogP contribution in [0.5, 0.6) is 0 Å². The van der Waals surface area contributed by atoms with Crippen LogP contribution in [0, 0.1) is 13.8 Å². The Bertz CT molecular complexity index is 708. The Morgan fingerprint density at radius 2 is 1.90 bits per heavy atom. The third-order valence-electron chi connectivity index (χ3n) is 3.24. The zero-order chi connectivity index (χ0) is 15.4. The molecule has 0 aliphatic heterocycles. The van der Waals surface area contributed by atoms with Crippen molar-refractivity contribution in [2.75, 3.05) is 5.32 Å². The van der Waals surface area contributed by atoms with Gasteiger partial charge >= 0.3 is 0 Å². The van der Waals surface area contributed by atoms with Crippen LogP contribution >= 0.6 is 23.2 Å². The molecular weight excluding hydrogens is 305 g/mol. The first-order valence-corrected chi connectivity index (χ1v) is 7.23. The predicted molar refractivity (Wildman–Crippen MR) is 90.0 cm³/mol. The van der Waals surface area contributed by atoms with Crippen molar-refractivity contribution >= 4 is 40.9 Å². The van der Waals surface area contributed by atoms with Gasteiger partial charge in [-0.15, -0.1) is 0 Å². The van der Waals surface area contributed by atoms with E-state index < -0.39 is 0 Å². The molecule has 0 heterocycles. The minimum absolute atomic E-state index is 0.199. The van der Waals surface area contributed by atoms with Crippen LogP contribution in [0.4, 0.5) is 5.69 Å². The topological polar surface area (TPSA) is 29.1 Å². The lowest BCUT2D eigenvalue weighted by Crippen LogP contribution is -2.09. The average Bonchev–Trinajstić information content (AvgIpc) is 2.43. The van der Waals surface area contributed by atoms with Gasteiger partial charge in [0.2, 0.25) is 5.91 Å². The fourth-order valence-electron chi connectivity index (χ4n) is 1.86. The lowest BCUT2D eigenvalue weighted by molar-refractivity contribution is -0.111. The zero-order valence-corrected chi connectivity index (χ0v) is 13.3. The molecule has 0 bridgehead atoms. The number of aryl methyl sites for hydroxylation is 1. The molecule has 2 rings (SSSR count). The molecule has 0 spiro atoms. The summed E-state index contributed by atoms with van der Waals surface area (Å²) >= 11 is 11.9. The van der Waals surface area contributed by atoms with E-state index in [9.17, 15) is 4.79 Å². The number of nitrogens with one attached hydrogen (secondary N) is 1. The average molecular weight is 320 g/mol. The van der Waals surface area contributed by atoms with Crippen molar-refractivity contribution in [3.8, 4) is 0 Å². The molecular formula is C17H15Cl2NO. The van der Waals surface area contributed by atoms with E-state index >= 15 is 0 Å². The zero-order valence-electron chi connectivity index (χ0n) is 11.8. The van der Waals surface area contributed by atoms with Gasteiger partial charge in [0.25, 0.3) is 0 Å². The van der Waals surface area contributed by atoms with Gasteiger partial charge < -0.3 is 5.32 Å². The number of halogens is 2. The van der Waals surface area contributed by atoms with Gasteiger partial charge in [0.15, 0.2) is 0 Å². The Kier molecular flexibility index (Phi) is 5.05. The summed E-state index contributed by atoms with van der Waals surface area (Å²) in [6.07, 6.45) is 3.12. The normalized spacial score (nSPS) is 10.9. The third kappa shape index (κ3) is 4.10. The highest BCUT2D eigenvalue weighted by atomic mass is 35.5. The van der Waals surface area contributed by atoms with Gasteiger partial charge in [0.1, 0.15) is 0 Å².